The predicted molar refractivity (Wildman–Crippen MR) is 59.5 cm³/mol. The van der Waals surface area contributed by atoms with Crippen molar-refractivity contribution in [3.63, 3.8) is 0 Å². The molecule has 15 heavy (non-hydrogen) atoms. The fraction of sp³-hybridized carbons (Fsp3) is 0. The number of hydrogen-bond donors (Lipinski definition) is 1. The Balaban J connectivity index is 2.54. The van der Waals surface area contributed by atoms with Gasteiger partial charge in [0.05, 0.1) is 11.3 Å². The quantitative estimate of drug-likeness (QED) is 0.876. The number of benzene rings is 1. The highest BCUT2D eigenvalue weighted by Gasteiger charge is 2.14. The summed E-state index contributed by atoms with van der Waals surface area (Å²) in [5, 5.41) is 11.0. The molecular weight excluding hydrogens is 234 g/mol. The van der Waals surface area contributed by atoms with E-state index >= 15 is 0 Å². The highest BCUT2D eigenvalue weighted by Crippen LogP contribution is 2.26. The smallest absolute Gasteiger partial charge is 0.338 e. The molecule has 0 aliphatic rings. The van der Waals surface area contributed by atoms with Crippen molar-refractivity contribution in [2.24, 2.45) is 0 Å². The van der Waals surface area contributed by atoms with Gasteiger partial charge in [0.1, 0.15) is 0 Å². The van der Waals surface area contributed by atoms with E-state index in [1.54, 1.807) is 24.3 Å². The molecule has 0 aliphatic carbocycles. The first-order valence-corrected chi connectivity index (χ1v) is 5.33. The second-order valence-electron chi connectivity index (χ2n) is 2.89. The summed E-state index contributed by atoms with van der Waals surface area (Å²) in [4.78, 5) is 10.9. The van der Waals surface area contributed by atoms with Crippen molar-refractivity contribution in [2.75, 3.05) is 0 Å². The van der Waals surface area contributed by atoms with Gasteiger partial charge < -0.3 is 5.11 Å². The van der Waals surface area contributed by atoms with E-state index in [-0.39, 0.29) is 5.56 Å². The number of carbonyl (C=O) groups is 1. The number of halogens is 1. The summed E-state index contributed by atoms with van der Waals surface area (Å²) in [6.07, 6.45) is 0. The van der Waals surface area contributed by atoms with Crippen molar-refractivity contribution in [2.45, 2.75) is 0 Å². The topological polar surface area (TPSA) is 50.2 Å². The maximum Gasteiger partial charge on any atom is 0.338 e. The van der Waals surface area contributed by atoms with E-state index < -0.39 is 5.97 Å². The van der Waals surface area contributed by atoms with E-state index in [4.69, 9.17) is 16.7 Å². The lowest BCUT2D eigenvalue weighted by Gasteiger charge is -1.99. The second kappa shape index (κ2) is 4.00. The van der Waals surface area contributed by atoms with E-state index in [1.807, 2.05) is 0 Å². The normalized spacial score (nSPS) is 10.2. The van der Waals surface area contributed by atoms with Crippen LogP contribution in [-0.2, 0) is 0 Å². The van der Waals surface area contributed by atoms with Gasteiger partial charge in [-0.05, 0) is 23.7 Å². The third-order valence-corrected chi connectivity index (χ3v) is 2.76. The molecule has 0 amide bonds. The molecule has 0 saturated heterocycles. The van der Waals surface area contributed by atoms with Gasteiger partial charge in [-0.25, -0.2) is 4.79 Å². The summed E-state index contributed by atoms with van der Waals surface area (Å²) in [6.45, 7) is 0. The summed E-state index contributed by atoms with van der Waals surface area (Å²) in [6, 6.07) is 6.98. The van der Waals surface area contributed by atoms with Crippen LogP contribution in [0.2, 0.25) is 5.02 Å². The standard InChI is InChI=1S/C10H6ClNO2S/c11-7-3-1-2-6(4-7)9-8(10(13)14)5-15-12-9/h1-5H,(H,13,14). The second-order valence-corrected chi connectivity index (χ2v) is 3.96. The highest BCUT2D eigenvalue weighted by molar-refractivity contribution is 7.04. The Bertz CT molecular complexity index is 510. The van der Waals surface area contributed by atoms with Gasteiger partial charge in [-0.3, -0.25) is 0 Å². The summed E-state index contributed by atoms with van der Waals surface area (Å²) in [5.41, 5.74) is 1.40. The molecule has 1 aromatic heterocycles. The largest absolute Gasteiger partial charge is 0.478 e. The number of hydrogen-bond acceptors (Lipinski definition) is 3. The Kier molecular flexibility index (Phi) is 2.70. The summed E-state index contributed by atoms with van der Waals surface area (Å²) in [7, 11) is 0. The van der Waals surface area contributed by atoms with Gasteiger partial charge in [0.2, 0.25) is 0 Å². The van der Waals surface area contributed by atoms with Crippen LogP contribution in [0.3, 0.4) is 0 Å². The molecule has 1 N–H and O–H groups in total. The maximum atomic E-state index is 10.9. The molecule has 0 saturated carbocycles. The van der Waals surface area contributed by atoms with Crippen molar-refractivity contribution in [1.29, 1.82) is 0 Å². The number of aromatic carboxylic acids is 1. The Hall–Kier alpha value is -1.39. The zero-order valence-electron chi connectivity index (χ0n) is 7.48. The van der Waals surface area contributed by atoms with Gasteiger partial charge in [-0.1, -0.05) is 23.7 Å². The molecule has 0 fully saturated rings. The van der Waals surface area contributed by atoms with Crippen molar-refractivity contribution in [3.8, 4) is 11.3 Å². The monoisotopic (exact) mass is 239 g/mol. The lowest BCUT2D eigenvalue weighted by molar-refractivity contribution is 0.0698. The Morgan fingerprint density at radius 3 is 2.93 bits per heavy atom. The first-order valence-electron chi connectivity index (χ1n) is 4.12. The van der Waals surface area contributed by atoms with Gasteiger partial charge in [-0.2, -0.15) is 4.37 Å². The minimum absolute atomic E-state index is 0.210. The Morgan fingerprint density at radius 2 is 2.27 bits per heavy atom. The number of nitrogens with zero attached hydrogens (tertiary/aromatic N) is 1. The molecule has 5 heteroatoms. The number of carboxylic acid groups (broad SMARTS) is 1. The molecule has 76 valence electrons. The molecule has 2 aromatic rings. The van der Waals surface area contributed by atoms with Crippen LogP contribution in [-0.4, -0.2) is 15.4 Å². The average Bonchev–Trinajstić information content (AvgIpc) is 2.65. The summed E-state index contributed by atoms with van der Waals surface area (Å²) < 4.78 is 4.05. The molecular formula is C10H6ClNO2S. The van der Waals surface area contributed by atoms with Crippen LogP contribution in [0.15, 0.2) is 29.6 Å². The first kappa shape index (κ1) is 10.1. The van der Waals surface area contributed by atoms with E-state index in [0.29, 0.717) is 10.7 Å². The third kappa shape index (κ3) is 2.00. The van der Waals surface area contributed by atoms with Gasteiger partial charge in [0.15, 0.2) is 0 Å². The molecule has 0 atom stereocenters. The molecule has 0 aliphatic heterocycles. The fourth-order valence-electron chi connectivity index (χ4n) is 1.23. The van der Waals surface area contributed by atoms with E-state index in [9.17, 15) is 4.79 Å². The van der Waals surface area contributed by atoms with Crippen LogP contribution in [0.4, 0.5) is 0 Å². The third-order valence-electron chi connectivity index (χ3n) is 1.90. The summed E-state index contributed by atoms with van der Waals surface area (Å²) in [5.74, 6) is -0.973. The van der Waals surface area contributed by atoms with E-state index in [2.05, 4.69) is 4.37 Å². The molecule has 0 unspecified atom stereocenters. The Morgan fingerprint density at radius 1 is 1.47 bits per heavy atom. The lowest BCUT2D eigenvalue weighted by atomic mass is 10.1. The number of carboxylic acids is 1. The zero-order valence-corrected chi connectivity index (χ0v) is 9.05. The van der Waals surface area contributed by atoms with Crippen molar-refractivity contribution < 1.29 is 9.90 Å². The minimum Gasteiger partial charge on any atom is -0.478 e. The van der Waals surface area contributed by atoms with Crippen LogP contribution in [0, 0.1) is 0 Å². The molecule has 2 rings (SSSR count). The number of aromatic nitrogens is 1. The maximum absolute atomic E-state index is 10.9. The van der Waals surface area contributed by atoms with Gasteiger partial charge in [0.25, 0.3) is 0 Å². The van der Waals surface area contributed by atoms with Gasteiger partial charge in [-0.15, -0.1) is 0 Å². The average molecular weight is 240 g/mol. The molecule has 1 aromatic carbocycles. The van der Waals surface area contributed by atoms with Gasteiger partial charge in [0, 0.05) is 16.0 Å². The molecule has 1 heterocycles. The molecule has 0 spiro atoms. The van der Waals surface area contributed by atoms with Crippen molar-refractivity contribution in [1.82, 2.24) is 4.37 Å². The predicted octanol–water partition coefficient (Wildman–Crippen LogP) is 3.16. The van der Waals surface area contributed by atoms with Crippen LogP contribution >= 0.6 is 23.1 Å². The molecule has 3 nitrogen and oxygen atoms in total. The van der Waals surface area contributed by atoms with Crippen LogP contribution in [0.1, 0.15) is 10.4 Å². The van der Waals surface area contributed by atoms with E-state index in [1.165, 1.54) is 5.38 Å². The van der Waals surface area contributed by atoms with Crippen molar-refractivity contribution in [3.05, 3.63) is 40.2 Å². The first-order chi connectivity index (χ1) is 7.18. The molecule has 0 radical (unpaired) electrons. The van der Waals surface area contributed by atoms with E-state index in [0.717, 1.165) is 17.1 Å². The van der Waals surface area contributed by atoms with Crippen LogP contribution in [0.5, 0.6) is 0 Å². The highest BCUT2D eigenvalue weighted by atomic mass is 35.5. The van der Waals surface area contributed by atoms with Gasteiger partial charge >= 0.3 is 5.97 Å². The fourth-order valence-corrected chi connectivity index (χ4v) is 2.10. The lowest BCUT2D eigenvalue weighted by Crippen LogP contribution is -1.96. The molecule has 0 bridgehead atoms. The minimum atomic E-state index is -0.973. The Labute approximate surface area is 95.1 Å². The zero-order chi connectivity index (χ0) is 10.8. The SMILES string of the molecule is O=C(O)c1csnc1-c1cccc(Cl)c1. The van der Waals surface area contributed by atoms with Crippen molar-refractivity contribution >= 4 is 29.1 Å². The van der Waals surface area contributed by atoms with Crippen LogP contribution < -0.4 is 0 Å². The summed E-state index contributed by atoms with van der Waals surface area (Å²) >= 11 is 6.94. The number of rotatable bonds is 2. The van der Waals surface area contributed by atoms with Crippen LogP contribution in [0.25, 0.3) is 11.3 Å².